The highest BCUT2D eigenvalue weighted by atomic mass is 32.2. The van der Waals surface area contributed by atoms with E-state index < -0.39 is 10.0 Å². The van der Waals surface area contributed by atoms with Crippen LogP contribution in [-0.4, -0.2) is 50.8 Å². The lowest BCUT2D eigenvalue weighted by molar-refractivity contribution is 0.271. The number of hydrogen-bond donors (Lipinski definition) is 1. The van der Waals surface area contributed by atoms with Crippen LogP contribution >= 0.6 is 0 Å². The molecule has 0 aromatic heterocycles. The Kier molecular flexibility index (Phi) is 4.52. The minimum atomic E-state index is -3.63. The molecule has 1 saturated heterocycles. The summed E-state index contributed by atoms with van der Waals surface area (Å²) in [6.07, 6.45) is 2.09. The largest absolute Gasteiger partial charge is 0.398 e. The van der Waals surface area contributed by atoms with Crippen LogP contribution in [0.15, 0.2) is 23.1 Å². The van der Waals surface area contributed by atoms with Crippen molar-refractivity contribution in [2.24, 2.45) is 0 Å². The standard InChI is InChI=1S/C14H20N4O2S/c1-17-7-3-4-12(17)10-18(2)21(19,20)14-6-5-11(9-15)8-13(14)16/h5-6,8,12H,3-4,7,10,16H2,1-2H3. The number of benzene rings is 1. The molecule has 1 aliphatic heterocycles. The predicted octanol–water partition coefficient (Wildman–Crippen LogP) is 0.855. The zero-order valence-electron chi connectivity index (χ0n) is 12.3. The summed E-state index contributed by atoms with van der Waals surface area (Å²) >= 11 is 0. The Morgan fingerprint density at radius 1 is 1.52 bits per heavy atom. The second-order valence-corrected chi connectivity index (χ2v) is 7.44. The van der Waals surface area contributed by atoms with Crippen molar-refractivity contribution in [3.8, 4) is 6.07 Å². The quantitative estimate of drug-likeness (QED) is 0.833. The summed E-state index contributed by atoms with van der Waals surface area (Å²) in [4.78, 5) is 2.23. The van der Waals surface area contributed by atoms with Gasteiger partial charge in [0.25, 0.3) is 0 Å². The second-order valence-electron chi connectivity index (χ2n) is 5.43. The van der Waals surface area contributed by atoms with Crippen LogP contribution in [0.1, 0.15) is 18.4 Å². The van der Waals surface area contributed by atoms with Gasteiger partial charge in [0.05, 0.1) is 17.3 Å². The SMILES string of the molecule is CN1CCCC1CN(C)S(=O)(=O)c1ccc(C#N)cc1N. The van der Waals surface area contributed by atoms with E-state index in [-0.39, 0.29) is 16.6 Å². The average molecular weight is 308 g/mol. The number of hydrogen-bond acceptors (Lipinski definition) is 5. The lowest BCUT2D eigenvalue weighted by Gasteiger charge is -2.25. The van der Waals surface area contributed by atoms with Crippen LogP contribution in [-0.2, 0) is 10.0 Å². The molecule has 2 rings (SSSR count). The number of likely N-dealkylation sites (tertiary alicyclic amines) is 1. The van der Waals surface area contributed by atoms with Gasteiger partial charge in [-0.05, 0) is 44.6 Å². The summed E-state index contributed by atoms with van der Waals surface area (Å²) in [7, 11) is -0.0566. The molecule has 0 aliphatic carbocycles. The average Bonchev–Trinajstić information content (AvgIpc) is 2.83. The van der Waals surface area contributed by atoms with Gasteiger partial charge in [-0.3, -0.25) is 0 Å². The molecule has 1 atom stereocenters. The zero-order valence-corrected chi connectivity index (χ0v) is 13.1. The molecule has 0 radical (unpaired) electrons. The Morgan fingerprint density at radius 3 is 2.76 bits per heavy atom. The zero-order chi connectivity index (χ0) is 15.6. The van der Waals surface area contributed by atoms with Gasteiger partial charge in [0.15, 0.2) is 0 Å². The van der Waals surface area contributed by atoms with E-state index in [9.17, 15) is 8.42 Å². The molecule has 7 heteroatoms. The summed E-state index contributed by atoms with van der Waals surface area (Å²) in [6.45, 7) is 1.44. The molecular formula is C14H20N4O2S. The fraction of sp³-hybridized carbons (Fsp3) is 0.500. The van der Waals surface area contributed by atoms with Crippen LogP contribution in [0.25, 0.3) is 0 Å². The Hall–Kier alpha value is -1.62. The Labute approximate surface area is 125 Å². The maximum atomic E-state index is 12.6. The minimum Gasteiger partial charge on any atom is -0.398 e. The maximum Gasteiger partial charge on any atom is 0.244 e. The van der Waals surface area contributed by atoms with Gasteiger partial charge in [0, 0.05) is 19.6 Å². The van der Waals surface area contributed by atoms with Gasteiger partial charge in [0.2, 0.25) is 10.0 Å². The summed E-state index contributed by atoms with van der Waals surface area (Å²) in [5.74, 6) is 0. The van der Waals surface area contributed by atoms with E-state index in [1.54, 1.807) is 7.05 Å². The van der Waals surface area contributed by atoms with Crippen molar-refractivity contribution in [1.29, 1.82) is 5.26 Å². The first kappa shape index (κ1) is 15.8. The number of nitriles is 1. The summed E-state index contributed by atoms with van der Waals surface area (Å²) in [5, 5.41) is 8.81. The van der Waals surface area contributed by atoms with Gasteiger partial charge in [-0.15, -0.1) is 0 Å². The van der Waals surface area contributed by atoms with Gasteiger partial charge >= 0.3 is 0 Å². The lowest BCUT2D eigenvalue weighted by atomic mass is 10.2. The third-order valence-corrected chi connectivity index (χ3v) is 5.86. The molecule has 1 heterocycles. The molecule has 0 spiro atoms. The molecule has 1 aromatic carbocycles. The molecule has 1 fully saturated rings. The van der Waals surface area contributed by atoms with Crippen molar-refractivity contribution in [3.05, 3.63) is 23.8 Å². The monoisotopic (exact) mass is 308 g/mol. The second kappa shape index (κ2) is 6.02. The van der Waals surface area contributed by atoms with Crippen LogP contribution in [0.4, 0.5) is 5.69 Å². The first-order chi connectivity index (χ1) is 9.86. The number of anilines is 1. The molecule has 1 aromatic rings. The van der Waals surface area contributed by atoms with Gasteiger partial charge < -0.3 is 10.6 Å². The van der Waals surface area contributed by atoms with Crippen molar-refractivity contribution in [3.63, 3.8) is 0 Å². The topological polar surface area (TPSA) is 90.4 Å². The van der Waals surface area contributed by atoms with E-state index >= 15 is 0 Å². The summed E-state index contributed by atoms with van der Waals surface area (Å²) in [5.41, 5.74) is 6.25. The fourth-order valence-electron chi connectivity index (χ4n) is 2.63. The number of likely N-dealkylation sites (N-methyl/N-ethyl adjacent to an activating group) is 2. The molecule has 0 saturated carbocycles. The molecular weight excluding hydrogens is 288 g/mol. The molecule has 114 valence electrons. The van der Waals surface area contributed by atoms with Crippen LogP contribution in [0.2, 0.25) is 0 Å². The van der Waals surface area contributed by atoms with Crippen molar-refractivity contribution in [2.45, 2.75) is 23.8 Å². The van der Waals surface area contributed by atoms with Crippen molar-refractivity contribution in [1.82, 2.24) is 9.21 Å². The van der Waals surface area contributed by atoms with E-state index in [0.29, 0.717) is 12.1 Å². The number of rotatable bonds is 4. The molecule has 0 bridgehead atoms. The smallest absolute Gasteiger partial charge is 0.244 e. The first-order valence-electron chi connectivity index (χ1n) is 6.82. The van der Waals surface area contributed by atoms with Crippen LogP contribution in [0, 0.1) is 11.3 Å². The van der Waals surface area contributed by atoms with Gasteiger partial charge in [0.1, 0.15) is 4.90 Å². The van der Waals surface area contributed by atoms with Crippen LogP contribution < -0.4 is 5.73 Å². The third-order valence-electron chi connectivity index (χ3n) is 3.97. The highest BCUT2D eigenvalue weighted by Crippen LogP contribution is 2.24. The van der Waals surface area contributed by atoms with E-state index in [4.69, 9.17) is 11.0 Å². The van der Waals surface area contributed by atoms with Crippen LogP contribution in [0.3, 0.4) is 0 Å². The summed E-state index contributed by atoms with van der Waals surface area (Å²) < 4.78 is 26.5. The van der Waals surface area contributed by atoms with Crippen molar-refractivity contribution >= 4 is 15.7 Å². The fourth-order valence-corrected chi connectivity index (χ4v) is 3.93. The Bertz CT molecular complexity index is 666. The number of sulfonamides is 1. The first-order valence-corrected chi connectivity index (χ1v) is 8.26. The minimum absolute atomic E-state index is 0.0599. The van der Waals surface area contributed by atoms with E-state index in [1.807, 2.05) is 13.1 Å². The highest BCUT2D eigenvalue weighted by Gasteiger charge is 2.29. The van der Waals surface area contributed by atoms with Crippen molar-refractivity contribution < 1.29 is 8.42 Å². The number of nitrogens with zero attached hydrogens (tertiary/aromatic N) is 3. The molecule has 1 unspecified atom stereocenters. The lowest BCUT2D eigenvalue weighted by Crippen LogP contribution is -2.39. The van der Waals surface area contributed by atoms with Gasteiger partial charge in [-0.1, -0.05) is 0 Å². The van der Waals surface area contributed by atoms with E-state index in [0.717, 1.165) is 19.4 Å². The Balaban J connectivity index is 2.23. The van der Waals surface area contributed by atoms with Gasteiger partial charge in [-0.25, -0.2) is 8.42 Å². The summed E-state index contributed by atoms with van der Waals surface area (Å²) in [6, 6.07) is 6.45. The number of nitrogens with two attached hydrogens (primary N) is 1. The highest BCUT2D eigenvalue weighted by molar-refractivity contribution is 7.89. The molecule has 6 nitrogen and oxygen atoms in total. The third kappa shape index (κ3) is 3.18. The maximum absolute atomic E-state index is 12.6. The molecule has 2 N–H and O–H groups in total. The van der Waals surface area contributed by atoms with Gasteiger partial charge in [-0.2, -0.15) is 9.57 Å². The Morgan fingerprint density at radius 2 is 2.24 bits per heavy atom. The van der Waals surface area contributed by atoms with E-state index in [1.165, 1.54) is 22.5 Å². The van der Waals surface area contributed by atoms with E-state index in [2.05, 4.69) is 4.90 Å². The molecule has 1 aliphatic rings. The normalized spacial score (nSPS) is 19.8. The van der Waals surface area contributed by atoms with Crippen LogP contribution in [0.5, 0.6) is 0 Å². The molecule has 21 heavy (non-hydrogen) atoms. The number of nitrogen functional groups attached to an aromatic ring is 1. The predicted molar refractivity (Wildman–Crippen MR) is 81.0 cm³/mol. The molecule has 0 amide bonds. The van der Waals surface area contributed by atoms with Crippen molar-refractivity contribution in [2.75, 3.05) is 32.9 Å².